The van der Waals surface area contributed by atoms with E-state index in [0.717, 1.165) is 36.1 Å². The zero-order valence-electron chi connectivity index (χ0n) is 42.0. The number of rotatable bonds is 39. The van der Waals surface area contributed by atoms with Crippen LogP contribution < -0.4 is 0 Å². The highest BCUT2D eigenvalue weighted by molar-refractivity contribution is 7.27. The average molecular weight is 919 g/mol. The molecule has 0 saturated carbocycles. The highest BCUT2D eigenvalue weighted by atomic mass is 32.1. The topological polar surface area (TPSA) is 20.3 Å². The molecule has 0 N–H and O–H groups in total. The highest BCUT2D eigenvalue weighted by Crippen LogP contribution is 2.51. The third kappa shape index (κ3) is 18.1. The molecule has 0 aliphatic carbocycles. The zero-order chi connectivity index (χ0) is 45.1. The number of fused-ring (bicyclic) bond motifs is 1. The minimum absolute atomic E-state index is 0.238. The van der Waals surface area contributed by atoms with E-state index in [2.05, 4.69) is 58.6 Å². The molecule has 4 heterocycles. The van der Waals surface area contributed by atoms with Crippen LogP contribution in [0.25, 0.3) is 25.2 Å². The molecule has 0 atom stereocenters. The van der Waals surface area contributed by atoms with E-state index in [0.29, 0.717) is 0 Å². The van der Waals surface area contributed by atoms with Crippen LogP contribution in [0, 0.1) is 13.8 Å². The third-order valence-corrected chi connectivity index (χ3v) is 17.9. The first-order valence-corrected chi connectivity index (χ1v) is 29.7. The van der Waals surface area contributed by atoms with E-state index >= 15 is 0 Å². The van der Waals surface area contributed by atoms with E-state index in [4.69, 9.17) is 6.58 Å². The first kappa shape index (κ1) is 53.9. The Morgan fingerprint density at radius 1 is 0.444 bits per heavy atom. The van der Waals surface area contributed by atoms with Crippen LogP contribution >= 0.6 is 34.0 Å². The van der Waals surface area contributed by atoms with E-state index in [1.165, 1.54) is 247 Å². The van der Waals surface area contributed by atoms with Gasteiger partial charge in [-0.25, -0.2) is 0 Å². The van der Waals surface area contributed by atoms with Gasteiger partial charge in [0.2, 0.25) is 0 Å². The van der Waals surface area contributed by atoms with Gasteiger partial charge >= 0.3 is 0 Å². The van der Waals surface area contributed by atoms with Crippen LogP contribution in [0.4, 0.5) is 0 Å². The molecule has 356 valence electrons. The monoisotopic (exact) mass is 918 g/mol. The predicted molar refractivity (Wildman–Crippen MR) is 286 cm³/mol. The van der Waals surface area contributed by atoms with E-state index in [9.17, 15) is 4.79 Å². The molecule has 4 rings (SSSR count). The predicted octanol–water partition coefficient (Wildman–Crippen LogP) is 21.0. The Bertz CT molecular complexity index is 1670. The summed E-state index contributed by atoms with van der Waals surface area (Å²) >= 11 is 5.84. The van der Waals surface area contributed by atoms with Crippen LogP contribution in [0.3, 0.4) is 0 Å². The van der Waals surface area contributed by atoms with Crippen molar-refractivity contribution in [2.24, 2.45) is 0 Å². The maximum Gasteiger partial charge on any atom is 0.260 e. The van der Waals surface area contributed by atoms with Gasteiger partial charge in [0.1, 0.15) is 0 Å². The van der Waals surface area contributed by atoms with Gasteiger partial charge in [-0.1, -0.05) is 227 Å². The van der Waals surface area contributed by atoms with Crippen molar-refractivity contribution in [1.82, 2.24) is 4.90 Å². The first-order valence-electron chi connectivity index (χ1n) is 27.2. The number of hydrogen-bond acceptors (Lipinski definition) is 4. The fraction of sp³-hybridized carbons (Fsp3) is 0.741. The van der Waals surface area contributed by atoms with Crippen molar-refractivity contribution < 1.29 is 4.79 Å². The molecule has 1 aliphatic rings. The van der Waals surface area contributed by atoms with Gasteiger partial charge < -0.3 is 4.90 Å². The summed E-state index contributed by atoms with van der Waals surface area (Å²) in [7, 11) is 0. The van der Waals surface area contributed by atoms with Gasteiger partial charge in [0.15, 0.2) is 0 Å². The Morgan fingerprint density at radius 2 is 0.825 bits per heavy atom. The summed E-state index contributed by atoms with van der Waals surface area (Å²) < 4.78 is 0. The maximum atomic E-state index is 15.0. The van der Waals surface area contributed by atoms with E-state index < -0.39 is 0 Å². The van der Waals surface area contributed by atoms with E-state index in [1.807, 2.05) is 34.0 Å². The molecule has 0 unspecified atom stereocenters. The SMILES string of the molecule is C=C1c2c(C)sc(-c3sc(-c4cc(CCCCCCCCCCCC)c(C)s4)cc3CCCCCCCCCCCC)c2C(=O)N1C(CCCCCCCC)CCCCCCCC. The van der Waals surface area contributed by atoms with Crippen LogP contribution in [-0.4, -0.2) is 16.8 Å². The average Bonchev–Trinajstić information content (AvgIpc) is 4.03. The molecule has 0 bridgehead atoms. The number of thiophene rings is 3. The summed E-state index contributed by atoms with van der Waals surface area (Å²) in [4.78, 5) is 25.4. The lowest BCUT2D eigenvalue weighted by Crippen LogP contribution is -2.35. The molecule has 0 spiro atoms. The third-order valence-electron chi connectivity index (χ3n) is 14.1. The second kappa shape index (κ2) is 32.1. The number of unbranched alkanes of at least 4 members (excludes halogenated alkanes) is 28. The van der Waals surface area contributed by atoms with E-state index in [1.54, 1.807) is 5.56 Å². The molecule has 1 aliphatic heterocycles. The Labute approximate surface area is 401 Å². The minimum atomic E-state index is 0.238. The quantitative estimate of drug-likeness (QED) is 0.0522. The molecule has 5 heteroatoms. The number of carbonyl (C=O) groups is 1. The lowest BCUT2D eigenvalue weighted by Gasteiger charge is -2.29. The fourth-order valence-electron chi connectivity index (χ4n) is 10.2. The molecule has 3 aromatic heterocycles. The van der Waals surface area contributed by atoms with Gasteiger partial charge in [-0.15, -0.1) is 34.0 Å². The van der Waals surface area contributed by atoms with Crippen LogP contribution in [0.2, 0.25) is 0 Å². The number of nitrogens with zero attached hydrogens (tertiary/aromatic N) is 1. The summed E-state index contributed by atoms with van der Waals surface area (Å²) in [6.07, 6.45) is 47.4. The molecule has 0 radical (unpaired) electrons. The number of carbonyl (C=O) groups excluding carboxylic acids is 1. The normalized spacial score (nSPS) is 12.8. The zero-order valence-corrected chi connectivity index (χ0v) is 44.4. The molecule has 1 amide bonds. The van der Waals surface area contributed by atoms with Crippen LogP contribution in [0.5, 0.6) is 0 Å². The van der Waals surface area contributed by atoms with Crippen molar-refractivity contribution in [1.29, 1.82) is 0 Å². The lowest BCUT2D eigenvalue weighted by atomic mass is 9.98. The Balaban J connectivity index is 1.51. The number of amides is 1. The first-order chi connectivity index (χ1) is 30.9. The number of hydrogen-bond donors (Lipinski definition) is 0. The number of aryl methyl sites for hydroxylation is 4. The largest absolute Gasteiger partial charge is 0.305 e. The lowest BCUT2D eigenvalue weighted by molar-refractivity contribution is 0.0789. The second-order valence-electron chi connectivity index (χ2n) is 19.6. The van der Waals surface area contributed by atoms with Gasteiger partial charge in [-0.2, -0.15) is 0 Å². The van der Waals surface area contributed by atoms with Gasteiger partial charge in [-0.3, -0.25) is 4.79 Å². The van der Waals surface area contributed by atoms with Gasteiger partial charge in [0.05, 0.1) is 10.4 Å². The van der Waals surface area contributed by atoms with Gasteiger partial charge in [-0.05, 0) is 75.6 Å². The van der Waals surface area contributed by atoms with E-state index in [-0.39, 0.29) is 11.9 Å². The van der Waals surface area contributed by atoms with Crippen molar-refractivity contribution in [2.45, 2.75) is 279 Å². The highest BCUT2D eigenvalue weighted by Gasteiger charge is 2.41. The van der Waals surface area contributed by atoms with Gasteiger partial charge in [0, 0.05) is 41.7 Å². The van der Waals surface area contributed by atoms with Crippen LogP contribution in [0.1, 0.15) is 283 Å². The molecule has 3 aromatic rings. The molecular formula is C58H95NOS3. The fourth-order valence-corrected chi connectivity index (χ4v) is 13.8. The van der Waals surface area contributed by atoms with Crippen molar-refractivity contribution >= 4 is 45.6 Å². The van der Waals surface area contributed by atoms with Gasteiger partial charge in [0.25, 0.3) is 5.91 Å². The molecular weight excluding hydrogens is 823 g/mol. The molecule has 0 fully saturated rings. The Morgan fingerprint density at radius 3 is 1.29 bits per heavy atom. The standard InChI is InChI=1S/C58H95NOS3/c1-8-12-16-20-24-26-28-30-32-36-40-49-44-52(61-47(49)6)53-45-50(41-37-33-31-29-27-25-21-17-13-9-2)56(63-53)57-55-54(48(7)62-57)46(5)59(58(55)60)51(42-38-34-22-18-14-10-3)43-39-35-23-19-15-11-4/h44-45,51H,5,8-43H2,1-4,6-7H3. The molecule has 0 saturated heterocycles. The summed E-state index contributed by atoms with van der Waals surface area (Å²) in [6.45, 7) is 18.5. The van der Waals surface area contributed by atoms with Crippen molar-refractivity contribution in [2.75, 3.05) is 0 Å². The van der Waals surface area contributed by atoms with Crippen LogP contribution in [-0.2, 0) is 12.8 Å². The molecule has 0 aromatic carbocycles. The Hall–Kier alpha value is -1.69. The van der Waals surface area contributed by atoms with Crippen molar-refractivity contribution in [3.63, 3.8) is 0 Å². The van der Waals surface area contributed by atoms with Crippen molar-refractivity contribution in [3.8, 4) is 19.5 Å². The Kier molecular flexibility index (Phi) is 27.5. The second-order valence-corrected chi connectivity index (χ2v) is 23.2. The summed E-state index contributed by atoms with van der Waals surface area (Å²) in [5.74, 6) is 0.238. The summed E-state index contributed by atoms with van der Waals surface area (Å²) in [5, 5.41) is 0. The van der Waals surface area contributed by atoms with Crippen molar-refractivity contribution in [3.05, 3.63) is 50.7 Å². The minimum Gasteiger partial charge on any atom is -0.305 e. The maximum absolute atomic E-state index is 15.0. The smallest absolute Gasteiger partial charge is 0.260 e. The summed E-state index contributed by atoms with van der Waals surface area (Å²) in [5.41, 5.74) is 6.13. The summed E-state index contributed by atoms with van der Waals surface area (Å²) in [6, 6.07) is 5.32. The molecule has 63 heavy (non-hydrogen) atoms. The molecule has 2 nitrogen and oxygen atoms in total. The van der Waals surface area contributed by atoms with Crippen LogP contribution in [0.15, 0.2) is 18.7 Å².